The Kier molecular flexibility index (Phi) is 3.70. The zero-order valence-electron chi connectivity index (χ0n) is 8.49. The highest BCUT2D eigenvalue weighted by Gasteiger charge is 2.04. The molecule has 2 aromatic heterocycles. The Morgan fingerprint density at radius 1 is 1.56 bits per heavy atom. The van der Waals surface area contributed by atoms with Crippen molar-refractivity contribution in [3.63, 3.8) is 0 Å². The lowest BCUT2D eigenvalue weighted by Gasteiger charge is -2.03. The van der Waals surface area contributed by atoms with Gasteiger partial charge in [0.05, 0.1) is 14.9 Å². The topological polar surface area (TPSA) is 37.9 Å². The van der Waals surface area contributed by atoms with E-state index >= 15 is 0 Å². The fourth-order valence-electron chi connectivity index (χ4n) is 1.31. The monoisotopic (exact) mass is 272 g/mol. The lowest BCUT2D eigenvalue weighted by Crippen LogP contribution is -1.98. The van der Waals surface area contributed by atoms with E-state index in [-0.39, 0.29) is 0 Å². The Balaban J connectivity index is 2.44. The molecule has 0 unspecified atom stereocenters. The molecule has 0 amide bonds. The second kappa shape index (κ2) is 5.05. The molecule has 0 spiro atoms. The Bertz CT molecular complexity index is 550. The molecule has 2 aromatic rings. The number of aromatic amines is 1. The molecule has 6 heteroatoms. The van der Waals surface area contributed by atoms with Gasteiger partial charge in [-0.05, 0) is 18.2 Å². The molecule has 0 aliphatic heterocycles. The van der Waals surface area contributed by atoms with Gasteiger partial charge in [-0.25, -0.2) is 4.98 Å². The van der Waals surface area contributed by atoms with Crippen LogP contribution in [-0.4, -0.2) is 17.1 Å². The molecule has 84 valence electrons. The summed E-state index contributed by atoms with van der Waals surface area (Å²) in [6.45, 7) is 0.413. The molecule has 0 bridgehead atoms. The summed E-state index contributed by atoms with van der Waals surface area (Å²) in [5.74, 6) is 0.717. The van der Waals surface area contributed by atoms with E-state index in [1.165, 1.54) is 11.3 Å². The van der Waals surface area contributed by atoms with Crippen molar-refractivity contribution in [3.8, 4) is 10.6 Å². The van der Waals surface area contributed by atoms with Crippen molar-refractivity contribution in [2.24, 2.45) is 0 Å². The molecule has 0 radical (unpaired) electrons. The number of aromatic nitrogens is 2. The molecule has 0 aromatic carbocycles. The van der Waals surface area contributed by atoms with Crippen molar-refractivity contribution < 1.29 is 4.74 Å². The average molecular weight is 273 g/mol. The summed E-state index contributed by atoms with van der Waals surface area (Å²) in [6, 6.07) is 5.62. The Morgan fingerprint density at radius 2 is 2.38 bits per heavy atom. The van der Waals surface area contributed by atoms with E-state index < -0.39 is 0 Å². The molecule has 3 nitrogen and oxygen atoms in total. The SMILES string of the molecule is COCc1nc(=S)cc(-c2ccc(Cl)s2)[nH]1. The van der Waals surface area contributed by atoms with Crippen LogP contribution < -0.4 is 0 Å². The molecule has 2 rings (SSSR count). The second-order valence-corrected chi connectivity index (χ2v) is 5.25. The quantitative estimate of drug-likeness (QED) is 0.867. The second-order valence-electron chi connectivity index (χ2n) is 3.12. The van der Waals surface area contributed by atoms with Crippen LogP contribution >= 0.6 is 35.2 Å². The summed E-state index contributed by atoms with van der Waals surface area (Å²) in [5.41, 5.74) is 0.920. The summed E-state index contributed by atoms with van der Waals surface area (Å²) in [5, 5.41) is 0. The van der Waals surface area contributed by atoms with Crippen LogP contribution in [0.3, 0.4) is 0 Å². The first-order valence-electron chi connectivity index (χ1n) is 4.54. The van der Waals surface area contributed by atoms with Crippen LogP contribution in [-0.2, 0) is 11.3 Å². The molecule has 16 heavy (non-hydrogen) atoms. The first-order valence-corrected chi connectivity index (χ1v) is 6.14. The molecule has 2 heterocycles. The van der Waals surface area contributed by atoms with E-state index in [2.05, 4.69) is 9.97 Å². The number of rotatable bonds is 3. The van der Waals surface area contributed by atoms with Crippen LogP contribution in [0.2, 0.25) is 4.34 Å². The maximum atomic E-state index is 5.89. The Morgan fingerprint density at radius 3 is 3.00 bits per heavy atom. The van der Waals surface area contributed by atoms with E-state index in [4.69, 9.17) is 28.6 Å². The van der Waals surface area contributed by atoms with Crippen molar-refractivity contribution in [2.45, 2.75) is 6.61 Å². The van der Waals surface area contributed by atoms with Gasteiger partial charge in [0.1, 0.15) is 17.1 Å². The van der Waals surface area contributed by atoms with Gasteiger partial charge in [0, 0.05) is 7.11 Å². The minimum absolute atomic E-state index is 0.413. The number of H-pyrrole nitrogens is 1. The van der Waals surface area contributed by atoms with Gasteiger partial charge in [0.25, 0.3) is 0 Å². The molecule has 0 atom stereocenters. The molecular weight excluding hydrogens is 264 g/mol. The maximum Gasteiger partial charge on any atom is 0.134 e. The van der Waals surface area contributed by atoms with Gasteiger partial charge >= 0.3 is 0 Å². The number of methoxy groups -OCH3 is 1. The number of nitrogens with one attached hydrogen (secondary N) is 1. The minimum Gasteiger partial charge on any atom is -0.377 e. The largest absolute Gasteiger partial charge is 0.377 e. The molecule has 0 aliphatic rings. The summed E-state index contributed by atoms with van der Waals surface area (Å²) >= 11 is 12.5. The molecular formula is C10H9ClN2OS2. The Labute approximate surface area is 107 Å². The summed E-state index contributed by atoms with van der Waals surface area (Å²) in [7, 11) is 1.62. The minimum atomic E-state index is 0.413. The van der Waals surface area contributed by atoms with Crippen LogP contribution in [0.5, 0.6) is 0 Å². The van der Waals surface area contributed by atoms with Gasteiger partial charge in [0.2, 0.25) is 0 Å². The highest BCUT2D eigenvalue weighted by atomic mass is 35.5. The van der Waals surface area contributed by atoms with E-state index in [0.717, 1.165) is 20.7 Å². The molecule has 1 N–H and O–H groups in total. The predicted molar refractivity (Wildman–Crippen MR) is 68.5 cm³/mol. The lowest BCUT2D eigenvalue weighted by molar-refractivity contribution is 0.178. The number of ether oxygens (including phenoxy) is 1. The lowest BCUT2D eigenvalue weighted by atomic mass is 10.3. The zero-order chi connectivity index (χ0) is 11.5. The van der Waals surface area contributed by atoms with Crippen molar-refractivity contribution in [1.29, 1.82) is 0 Å². The number of nitrogens with zero attached hydrogens (tertiary/aromatic N) is 1. The van der Waals surface area contributed by atoms with E-state index in [1.807, 2.05) is 18.2 Å². The van der Waals surface area contributed by atoms with Crippen LogP contribution in [0.25, 0.3) is 10.6 Å². The number of hydrogen-bond acceptors (Lipinski definition) is 4. The molecule has 0 fully saturated rings. The first-order chi connectivity index (χ1) is 7.69. The molecule has 0 saturated heterocycles. The molecule has 0 aliphatic carbocycles. The summed E-state index contributed by atoms with van der Waals surface area (Å²) in [4.78, 5) is 8.36. The maximum absolute atomic E-state index is 5.89. The van der Waals surface area contributed by atoms with Crippen LogP contribution in [0.1, 0.15) is 5.82 Å². The van der Waals surface area contributed by atoms with Gasteiger partial charge in [-0.2, -0.15) is 0 Å². The standard InChI is InChI=1S/C10H9ClN2OS2/c1-14-5-9-12-6(4-10(15)13-9)7-2-3-8(11)16-7/h2-4H,5H2,1H3,(H,12,13,15). The van der Waals surface area contributed by atoms with Crippen molar-refractivity contribution in [2.75, 3.05) is 7.11 Å². The zero-order valence-corrected chi connectivity index (χ0v) is 10.9. The van der Waals surface area contributed by atoms with Gasteiger partial charge in [-0.3, -0.25) is 0 Å². The third kappa shape index (κ3) is 2.68. The smallest absolute Gasteiger partial charge is 0.134 e. The number of hydrogen-bond donors (Lipinski definition) is 1. The van der Waals surface area contributed by atoms with Crippen molar-refractivity contribution >= 4 is 35.2 Å². The van der Waals surface area contributed by atoms with E-state index in [9.17, 15) is 0 Å². The van der Waals surface area contributed by atoms with Gasteiger partial charge in [-0.1, -0.05) is 23.8 Å². The fraction of sp³-hybridized carbons (Fsp3) is 0.200. The summed E-state index contributed by atoms with van der Waals surface area (Å²) in [6.07, 6.45) is 0. The van der Waals surface area contributed by atoms with Crippen molar-refractivity contribution in [1.82, 2.24) is 9.97 Å². The number of halogens is 1. The average Bonchev–Trinajstić information content (AvgIpc) is 2.64. The number of thiophene rings is 1. The van der Waals surface area contributed by atoms with Gasteiger partial charge < -0.3 is 9.72 Å². The Hall–Kier alpha value is -0.750. The molecule has 0 saturated carbocycles. The van der Waals surface area contributed by atoms with Crippen LogP contribution in [0.4, 0.5) is 0 Å². The van der Waals surface area contributed by atoms with E-state index in [0.29, 0.717) is 11.2 Å². The van der Waals surface area contributed by atoms with Crippen LogP contribution in [0.15, 0.2) is 18.2 Å². The fourth-order valence-corrected chi connectivity index (χ4v) is 2.55. The summed E-state index contributed by atoms with van der Waals surface area (Å²) < 4.78 is 6.31. The highest BCUT2D eigenvalue weighted by molar-refractivity contribution is 7.71. The van der Waals surface area contributed by atoms with Crippen LogP contribution in [0, 0.1) is 4.64 Å². The predicted octanol–water partition coefficient (Wildman–Crippen LogP) is 3.67. The van der Waals surface area contributed by atoms with E-state index in [1.54, 1.807) is 7.11 Å². The third-order valence-corrected chi connectivity index (χ3v) is 3.39. The van der Waals surface area contributed by atoms with Crippen molar-refractivity contribution in [3.05, 3.63) is 33.0 Å². The van der Waals surface area contributed by atoms with Gasteiger partial charge in [0.15, 0.2) is 0 Å². The third-order valence-electron chi connectivity index (χ3n) is 1.91. The normalized spacial score (nSPS) is 10.6. The first kappa shape index (κ1) is 11.7. The highest BCUT2D eigenvalue weighted by Crippen LogP contribution is 2.29. The van der Waals surface area contributed by atoms with Gasteiger partial charge in [-0.15, -0.1) is 11.3 Å².